The molecular weight excluding hydrogens is 314 g/mol. The largest absolute Gasteiger partial charge is 0.497 e. The van der Waals surface area contributed by atoms with E-state index in [0.29, 0.717) is 5.71 Å². The van der Waals surface area contributed by atoms with E-state index in [0.717, 1.165) is 39.4 Å². The molecule has 0 saturated carbocycles. The van der Waals surface area contributed by atoms with E-state index in [1.54, 1.807) is 7.11 Å². The van der Waals surface area contributed by atoms with Gasteiger partial charge in [0, 0.05) is 18.2 Å². The van der Waals surface area contributed by atoms with Crippen molar-refractivity contribution in [3.05, 3.63) is 66.0 Å². The highest BCUT2D eigenvalue weighted by molar-refractivity contribution is 6.05. The van der Waals surface area contributed by atoms with E-state index >= 15 is 0 Å². The zero-order valence-electron chi connectivity index (χ0n) is 13.8. The number of rotatable bonds is 4. The fraction of sp³-hybridized carbons (Fsp3) is 0.100. The SMILES string of the molecule is CNc1ncnc2oc(C3=CC=C=C=C3)c(-c3ccc(OC)cc3)c12. The average Bonchev–Trinajstić information content (AvgIpc) is 3.08. The van der Waals surface area contributed by atoms with Crippen molar-refractivity contribution in [1.82, 2.24) is 9.97 Å². The standard InChI is InChI=1S/C20H15N3O2/c1-21-19-17-16(13-8-10-15(24-2)11-9-13)18(14-6-4-3-5-7-14)25-20(17)23-12-22-19/h4,6-12H,1-2H3,(H,21,22,23). The van der Waals surface area contributed by atoms with Crippen LogP contribution in [0.4, 0.5) is 5.82 Å². The quantitative estimate of drug-likeness (QED) is 0.727. The molecule has 4 rings (SSSR count). The zero-order valence-corrected chi connectivity index (χ0v) is 13.8. The molecule has 0 atom stereocenters. The zero-order chi connectivity index (χ0) is 17.2. The Morgan fingerprint density at radius 1 is 1.12 bits per heavy atom. The maximum absolute atomic E-state index is 6.08. The Morgan fingerprint density at radius 3 is 2.64 bits per heavy atom. The second kappa shape index (κ2) is 6.17. The van der Waals surface area contributed by atoms with Crippen LogP contribution in [0.3, 0.4) is 0 Å². The van der Waals surface area contributed by atoms with Crippen LogP contribution in [0.5, 0.6) is 5.75 Å². The van der Waals surface area contributed by atoms with Gasteiger partial charge in [0.05, 0.1) is 12.5 Å². The Morgan fingerprint density at radius 2 is 1.96 bits per heavy atom. The van der Waals surface area contributed by atoms with Crippen molar-refractivity contribution in [1.29, 1.82) is 0 Å². The molecule has 0 amide bonds. The molecule has 0 fully saturated rings. The van der Waals surface area contributed by atoms with Crippen LogP contribution < -0.4 is 10.1 Å². The van der Waals surface area contributed by atoms with Crippen molar-refractivity contribution in [3.63, 3.8) is 0 Å². The monoisotopic (exact) mass is 329 g/mol. The third kappa shape index (κ3) is 2.54. The van der Waals surface area contributed by atoms with Crippen molar-refractivity contribution in [2.75, 3.05) is 19.5 Å². The molecule has 2 heterocycles. The van der Waals surface area contributed by atoms with Crippen LogP contribution in [0.25, 0.3) is 27.8 Å². The third-order valence-corrected chi connectivity index (χ3v) is 4.02. The number of hydrogen-bond donors (Lipinski definition) is 1. The summed E-state index contributed by atoms with van der Waals surface area (Å²) in [6.45, 7) is 0. The summed E-state index contributed by atoms with van der Waals surface area (Å²) in [4.78, 5) is 8.63. The van der Waals surface area contributed by atoms with Gasteiger partial charge < -0.3 is 14.5 Å². The van der Waals surface area contributed by atoms with Gasteiger partial charge in [0.25, 0.3) is 0 Å². The number of nitrogens with zero attached hydrogens (tertiary/aromatic N) is 2. The lowest BCUT2D eigenvalue weighted by atomic mass is 9.98. The number of nitrogens with one attached hydrogen (secondary N) is 1. The van der Waals surface area contributed by atoms with Gasteiger partial charge in [-0.05, 0) is 35.9 Å². The number of furan rings is 1. The maximum Gasteiger partial charge on any atom is 0.232 e. The number of fused-ring (bicyclic) bond motifs is 1. The number of ether oxygens (including phenoxy) is 1. The lowest BCUT2D eigenvalue weighted by molar-refractivity contribution is 0.415. The summed E-state index contributed by atoms with van der Waals surface area (Å²) in [5.74, 6) is 2.24. The molecule has 0 bridgehead atoms. The summed E-state index contributed by atoms with van der Waals surface area (Å²) >= 11 is 0. The summed E-state index contributed by atoms with van der Waals surface area (Å²) in [6.07, 6.45) is 7.08. The van der Waals surface area contributed by atoms with E-state index in [9.17, 15) is 0 Å². The van der Waals surface area contributed by atoms with Crippen molar-refractivity contribution in [2.24, 2.45) is 0 Å². The van der Waals surface area contributed by atoms with Crippen LogP contribution in [-0.2, 0) is 0 Å². The first kappa shape index (κ1) is 15.0. The summed E-state index contributed by atoms with van der Waals surface area (Å²) in [5, 5.41) is 3.96. The molecule has 1 aliphatic carbocycles. The van der Waals surface area contributed by atoms with Gasteiger partial charge in [-0.15, -0.1) is 0 Å². The predicted octanol–water partition coefficient (Wildman–Crippen LogP) is 4.20. The first-order valence-electron chi connectivity index (χ1n) is 7.79. The van der Waals surface area contributed by atoms with Gasteiger partial charge >= 0.3 is 0 Å². The number of allylic oxidation sites excluding steroid dienone is 4. The topological polar surface area (TPSA) is 60.2 Å². The van der Waals surface area contributed by atoms with Gasteiger partial charge in [-0.1, -0.05) is 23.6 Å². The Labute approximate surface area is 144 Å². The molecule has 0 unspecified atom stereocenters. The Bertz CT molecular complexity index is 1080. The minimum atomic E-state index is 0.535. The van der Waals surface area contributed by atoms with E-state index in [2.05, 4.69) is 26.7 Å². The second-order valence-corrected chi connectivity index (χ2v) is 5.41. The van der Waals surface area contributed by atoms with Gasteiger partial charge in [-0.3, -0.25) is 0 Å². The van der Waals surface area contributed by atoms with Gasteiger partial charge in [0.1, 0.15) is 23.7 Å². The molecule has 2 aromatic heterocycles. The van der Waals surface area contributed by atoms with Gasteiger partial charge in [0.15, 0.2) is 0 Å². The van der Waals surface area contributed by atoms with Crippen LogP contribution in [0.15, 0.2) is 64.7 Å². The highest BCUT2D eigenvalue weighted by Gasteiger charge is 2.22. The van der Waals surface area contributed by atoms with Crippen LogP contribution in [0.1, 0.15) is 5.76 Å². The normalized spacial score (nSPS) is 12.5. The second-order valence-electron chi connectivity index (χ2n) is 5.41. The number of aromatic nitrogens is 2. The lowest BCUT2D eigenvalue weighted by Crippen LogP contribution is -1.94. The van der Waals surface area contributed by atoms with Crippen molar-refractivity contribution in [2.45, 2.75) is 0 Å². The molecule has 0 radical (unpaired) electrons. The highest BCUT2D eigenvalue weighted by atomic mass is 16.5. The molecule has 25 heavy (non-hydrogen) atoms. The van der Waals surface area contributed by atoms with E-state index in [-0.39, 0.29) is 0 Å². The lowest BCUT2D eigenvalue weighted by Gasteiger charge is -2.07. The molecule has 1 aromatic carbocycles. The Balaban J connectivity index is 2.02. The smallest absolute Gasteiger partial charge is 0.232 e. The van der Waals surface area contributed by atoms with E-state index in [4.69, 9.17) is 9.15 Å². The van der Waals surface area contributed by atoms with Gasteiger partial charge in [-0.25, -0.2) is 9.97 Å². The minimum absolute atomic E-state index is 0.535. The Kier molecular flexibility index (Phi) is 3.71. The molecule has 5 nitrogen and oxygen atoms in total. The molecule has 1 N–H and O–H groups in total. The highest BCUT2D eigenvalue weighted by Crippen LogP contribution is 2.41. The molecule has 0 spiro atoms. The van der Waals surface area contributed by atoms with Crippen molar-refractivity contribution in [3.8, 4) is 16.9 Å². The van der Waals surface area contributed by atoms with Gasteiger partial charge in [0.2, 0.25) is 5.71 Å². The molecule has 3 aromatic rings. The summed E-state index contributed by atoms with van der Waals surface area (Å²) < 4.78 is 11.3. The Hall–Kier alpha value is -3.52. The first-order chi connectivity index (χ1) is 12.3. The number of anilines is 1. The van der Waals surface area contributed by atoms with Crippen LogP contribution in [0, 0.1) is 0 Å². The maximum atomic E-state index is 6.08. The van der Waals surface area contributed by atoms with E-state index in [1.807, 2.05) is 49.5 Å². The van der Waals surface area contributed by atoms with E-state index < -0.39 is 0 Å². The molecule has 122 valence electrons. The minimum Gasteiger partial charge on any atom is -0.497 e. The molecule has 1 aliphatic rings. The van der Waals surface area contributed by atoms with Crippen LogP contribution >= 0.6 is 0 Å². The summed E-state index contributed by atoms with van der Waals surface area (Å²) in [6, 6.07) is 7.84. The number of methoxy groups -OCH3 is 1. The number of hydrogen-bond acceptors (Lipinski definition) is 5. The fourth-order valence-corrected chi connectivity index (χ4v) is 2.85. The van der Waals surface area contributed by atoms with E-state index in [1.165, 1.54) is 6.33 Å². The summed E-state index contributed by atoms with van der Waals surface area (Å²) in [5.41, 5.74) is 9.25. The van der Waals surface area contributed by atoms with Gasteiger partial charge in [-0.2, -0.15) is 0 Å². The predicted molar refractivity (Wildman–Crippen MR) is 97.5 cm³/mol. The number of benzene rings is 1. The molecule has 5 heteroatoms. The molecule has 0 saturated heterocycles. The van der Waals surface area contributed by atoms with Crippen molar-refractivity contribution >= 4 is 22.5 Å². The van der Waals surface area contributed by atoms with Crippen LogP contribution in [0.2, 0.25) is 0 Å². The summed E-state index contributed by atoms with van der Waals surface area (Å²) in [7, 11) is 3.48. The average molecular weight is 329 g/mol. The third-order valence-electron chi connectivity index (χ3n) is 4.02. The fourth-order valence-electron chi connectivity index (χ4n) is 2.85. The van der Waals surface area contributed by atoms with Crippen LogP contribution in [-0.4, -0.2) is 24.1 Å². The van der Waals surface area contributed by atoms with Crippen molar-refractivity contribution < 1.29 is 9.15 Å². The molecule has 0 aliphatic heterocycles. The molecular formula is C20H15N3O2. The first-order valence-corrected chi connectivity index (χ1v) is 7.79.